The number of unbranched alkanes of at least 4 members (excludes halogenated alkanes) is 26. The van der Waals surface area contributed by atoms with E-state index in [1.165, 1.54) is 122 Å². The Morgan fingerprint density at radius 2 is 0.810 bits per heavy atom. The van der Waals surface area contributed by atoms with E-state index in [4.69, 9.17) is 4.74 Å². The van der Waals surface area contributed by atoms with E-state index in [0.29, 0.717) is 19.3 Å². The Hall–Kier alpha value is -2.44. The summed E-state index contributed by atoms with van der Waals surface area (Å²) >= 11 is 0. The number of allylic oxidation sites excluding steroid dienone is 10. The molecule has 0 spiro atoms. The Bertz CT molecular complexity index is 1130. The standard InChI is InChI=1S/C57H103NO5/c1-4-7-10-13-16-19-22-24-26-28-30-32-34-36-39-42-45-48-53(51-56(61)58-54(52-59)55(60)49-46-43-40-37-21-18-15-12-9-6-3)63-57(62)50-47-44-41-38-35-33-31-29-27-25-23-20-17-14-11-8-5-2/h16-17,19-20,24-27,30,32,53-55,59-60H,4-15,18,21-23,28-29,31,33-52H2,1-3H3,(H,58,61)/b19-16-,20-17-,26-24-,27-25-,32-30-. The highest BCUT2D eigenvalue weighted by Crippen LogP contribution is 2.17. The highest BCUT2D eigenvalue weighted by Gasteiger charge is 2.24. The lowest BCUT2D eigenvalue weighted by Gasteiger charge is -2.24. The molecule has 3 unspecified atom stereocenters. The van der Waals surface area contributed by atoms with Crippen LogP contribution in [0.5, 0.6) is 0 Å². The lowest BCUT2D eigenvalue weighted by Crippen LogP contribution is -2.46. The van der Waals surface area contributed by atoms with Gasteiger partial charge in [-0.05, 0) is 96.3 Å². The van der Waals surface area contributed by atoms with Gasteiger partial charge in [-0.15, -0.1) is 0 Å². The van der Waals surface area contributed by atoms with Crippen LogP contribution < -0.4 is 5.32 Å². The molecule has 0 aromatic rings. The van der Waals surface area contributed by atoms with Crippen molar-refractivity contribution >= 4 is 11.9 Å². The molecule has 3 atom stereocenters. The molecular weight excluding hydrogens is 779 g/mol. The zero-order chi connectivity index (χ0) is 45.9. The van der Waals surface area contributed by atoms with Crippen molar-refractivity contribution in [2.45, 2.75) is 283 Å². The van der Waals surface area contributed by atoms with Gasteiger partial charge >= 0.3 is 5.97 Å². The molecular formula is C57H103NO5. The molecule has 0 aromatic carbocycles. The van der Waals surface area contributed by atoms with E-state index < -0.39 is 18.2 Å². The number of esters is 1. The second kappa shape index (κ2) is 50.6. The number of ether oxygens (including phenoxy) is 1. The van der Waals surface area contributed by atoms with E-state index in [9.17, 15) is 19.8 Å². The zero-order valence-corrected chi connectivity index (χ0v) is 41.7. The van der Waals surface area contributed by atoms with Crippen LogP contribution in [-0.2, 0) is 14.3 Å². The van der Waals surface area contributed by atoms with E-state index in [1.54, 1.807) is 0 Å². The van der Waals surface area contributed by atoms with Crippen molar-refractivity contribution < 1.29 is 24.5 Å². The van der Waals surface area contributed by atoms with Gasteiger partial charge in [-0.1, -0.05) is 216 Å². The smallest absolute Gasteiger partial charge is 0.306 e. The van der Waals surface area contributed by atoms with Gasteiger partial charge in [-0.3, -0.25) is 9.59 Å². The summed E-state index contributed by atoms with van der Waals surface area (Å²) in [4.78, 5) is 26.2. The maximum absolute atomic E-state index is 13.2. The second-order valence-corrected chi connectivity index (χ2v) is 18.3. The van der Waals surface area contributed by atoms with E-state index in [2.05, 4.69) is 86.8 Å². The van der Waals surface area contributed by atoms with Gasteiger partial charge in [0.25, 0.3) is 0 Å². The van der Waals surface area contributed by atoms with Crippen molar-refractivity contribution in [3.8, 4) is 0 Å². The molecule has 0 rings (SSSR count). The minimum Gasteiger partial charge on any atom is -0.462 e. The Labute approximate surface area is 390 Å². The second-order valence-electron chi connectivity index (χ2n) is 18.3. The molecule has 0 aromatic heterocycles. The number of aliphatic hydroxyl groups is 2. The summed E-state index contributed by atoms with van der Waals surface area (Å²) < 4.78 is 5.94. The van der Waals surface area contributed by atoms with Crippen LogP contribution in [0.25, 0.3) is 0 Å². The Morgan fingerprint density at radius 3 is 1.25 bits per heavy atom. The van der Waals surface area contributed by atoms with Crippen LogP contribution in [0.3, 0.4) is 0 Å². The molecule has 0 saturated carbocycles. The molecule has 63 heavy (non-hydrogen) atoms. The summed E-state index contributed by atoms with van der Waals surface area (Å²) in [7, 11) is 0. The third kappa shape index (κ3) is 45.9. The molecule has 0 fully saturated rings. The topological polar surface area (TPSA) is 95.9 Å². The Morgan fingerprint density at radius 1 is 0.460 bits per heavy atom. The van der Waals surface area contributed by atoms with Crippen LogP contribution in [0.2, 0.25) is 0 Å². The molecule has 0 bridgehead atoms. The average molecular weight is 882 g/mol. The zero-order valence-electron chi connectivity index (χ0n) is 41.7. The predicted molar refractivity (Wildman–Crippen MR) is 273 cm³/mol. The predicted octanol–water partition coefficient (Wildman–Crippen LogP) is 16.4. The number of carbonyl (C=O) groups is 2. The summed E-state index contributed by atoms with van der Waals surface area (Å²) in [6, 6.07) is -0.711. The van der Waals surface area contributed by atoms with Crippen molar-refractivity contribution in [3.63, 3.8) is 0 Å². The van der Waals surface area contributed by atoms with Crippen molar-refractivity contribution in [1.29, 1.82) is 0 Å². The normalized spacial score (nSPS) is 13.7. The fourth-order valence-electron chi connectivity index (χ4n) is 7.94. The number of carbonyl (C=O) groups excluding carboxylic acids is 2. The first-order valence-corrected chi connectivity index (χ1v) is 27.0. The van der Waals surface area contributed by atoms with Crippen LogP contribution in [0.15, 0.2) is 60.8 Å². The fraction of sp³-hybridized carbons (Fsp3) is 0.789. The summed E-state index contributed by atoms with van der Waals surface area (Å²) in [5.41, 5.74) is 0. The lowest BCUT2D eigenvalue weighted by atomic mass is 10.0. The Kier molecular flexibility index (Phi) is 48.6. The van der Waals surface area contributed by atoms with E-state index in [1.807, 2.05) is 0 Å². The number of hydrogen-bond donors (Lipinski definition) is 3. The van der Waals surface area contributed by atoms with E-state index >= 15 is 0 Å². The molecule has 6 nitrogen and oxygen atoms in total. The lowest BCUT2D eigenvalue weighted by molar-refractivity contribution is -0.151. The van der Waals surface area contributed by atoms with Gasteiger partial charge in [0.1, 0.15) is 6.10 Å². The average Bonchev–Trinajstić information content (AvgIpc) is 3.28. The van der Waals surface area contributed by atoms with Gasteiger partial charge in [0.05, 0.1) is 25.2 Å². The summed E-state index contributed by atoms with van der Waals surface area (Å²) in [6.45, 7) is 6.42. The molecule has 0 aliphatic heterocycles. The van der Waals surface area contributed by atoms with Gasteiger partial charge < -0.3 is 20.3 Å². The molecule has 6 heteroatoms. The number of amides is 1. The van der Waals surface area contributed by atoms with Gasteiger partial charge in [0.2, 0.25) is 5.91 Å². The Balaban J connectivity index is 4.63. The number of rotatable bonds is 48. The van der Waals surface area contributed by atoms with Crippen molar-refractivity contribution in [3.05, 3.63) is 60.8 Å². The van der Waals surface area contributed by atoms with Crippen LogP contribution in [0.4, 0.5) is 0 Å². The maximum Gasteiger partial charge on any atom is 0.306 e. The number of nitrogens with one attached hydrogen (secondary N) is 1. The minimum absolute atomic E-state index is 0.0586. The SMILES string of the molecule is CCCCC/C=C\C/C=C\C/C=C\CCCCCCC(CC(=O)NC(CO)C(O)CCCCCCCCCCCC)OC(=O)CCCCCCCCC/C=C\C/C=C\CCCCC. The quantitative estimate of drug-likeness (QED) is 0.0321. The van der Waals surface area contributed by atoms with Gasteiger partial charge in [0.15, 0.2) is 0 Å². The third-order valence-corrected chi connectivity index (χ3v) is 12.1. The summed E-state index contributed by atoms with van der Waals surface area (Å²) in [6.07, 6.45) is 62.8. The molecule has 0 aliphatic carbocycles. The van der Waals surface area contributed by atoms with E-state index in [-0.39, 0.29) is 24.9 Å². The fourth-order valence-corrected chi connectivity index (χ4v) is 7.94. The largest absolute Gasteiger partial charge is 0.462 e. The number of aliphatic hydroxyl groups excluding tert-OH is 2. The first kappa shape index (κ1) is 60.6. The van der Waals surface area contributed by atoms with Crippen molar-refractivity contribution in [2.75, 3.05) is 6.61 Å². The summed E-state index contributed by atoms with van der Waals surface area (Å²) in [5, 5.41) is 23.7. The third-order valence-electron chi connectivity index (χ3n) is 12.1. The first-order chi connectivity index (χ1) is 31.0. The molecule has 366 valence electrons. The molecule has 1 amide bonds. The minimum atomic E-state index is -0.796. The highest BCUT2D eigenvalue weighted by atomic mass is 16.5. The molecule has 0 heterocycles. The maximum atomic E-state index is 13.2. The van der Waals surface area contributed by atoms with Crippen LogP contribution in [0.1, 0.15) is 265 Å². The van der Waals surface area contributed by atoms with Gasteiger partial charge in [-0.2, -0.15) is 0 Å². The highest BCUT2D eigenvalue weighted by molar-refractivity contribution is 5.77. The van der Waals surface area contributed by atoms with Gasteiger partial charge in [-0.25, -0.2) is 0 Å². The number of hydrogen-bond acceptors (Lipinski definition) is 5. The van der Waals surface area contributed by atoms with Crippen LogP contribution in [0, 0.1) is 0 Å². The molecule has 0 aliphatic rings. The first-order valence-electron chi connectivity index (χ1n) is 27.0. The van der Waals surface area contributed by atoms with Crippen molar-refractivity contribution in [1.82, 2.24) is 5.32 Å². The van der Waals surface area contributed by atoms with Crippen LogP contribution in [-0.4, -0.2) is 46.9 Å². The molecule has 0 radical (unpaired) electrons. The van der Waals surface area contributed by atoms with Crippen LogP contribution >= 0.6 is 0 Å². The summed E-state index contributed by atoms with van der Waals surface area (Å²) in [5.74, 6) is -0.501. The molecule has 0 saturated heterocycles. The molecule has 3 N–H and O–H groups in total. The van der Waals surface area contributed by atoms with Crippen molar-refractivity contribution in [2.24, 2.45) is 0 Å². The monoisotopic (exact) mass is 882 g/mol. The van der Waals surface area contributed by atoms with Gasteiger partial charge in [0, 0.05) is 6.42 Å². The van der Waals surface area contributed by atoms with E-state index in [0.717, 1.165) is 96.3 Å².